The SMILES string of the molecule is CC[C@H]([C@H](O)CNC)n1c2ccc(Cl)cc2c2cc(Cl)cnc21. The molecule has 0 saturated heterocycles. The fraction of sp³-hybridized carbons (Fsp3) is 0.353. The summed E-state index contributed by atoms with van der Waals surface area (Å²) in [5.74, 6) is 0. The van der Waals surface area contributed by atoms with Gasteiger partial charge < -0.3 is 15.0 Å². The zero-order valence-electron chi connectivity index (χ0n) is 13.1. The molecule has 2 heterocycles. The highest BCUT2D eigenvalue weighted by Crippen LogP contribution is 2.35. The lowest BCUT2D eigenvalue weighted by Crippen LogP contribution is -2.32. The van der Waals surface area contributed by atoms with Gasteiger partial charge in [0.05, 0.1) is 22.7 Å². The van der Waals surface area contributed by atoms with Gasteiger partial charge in [0.1, 0.15) is 5.65 Å². The lowest BCUT2D eigenvalue weighted by Gasteiger charge is -2.24. The number of rotatable bonds is 5. The van der Waals surface area contributed by atoms with Gasteiger partial charge in [-0.1, -0.05) is 30.1 Å². The first-order valence-electron chi connectivity index (χ1n) is 7.64. The van der Waals surface area contributed by atoms with Crippen molar-refractivity contribution >= 4 is 45.1 Å². The van der Waals surface area contributed by atoms with Gasteiger partial charge in [0.15, 0.2) is 0 Å². The Bertz CT molecular complexity index is 787. The molecule has 6 heteroatoms. The summed E-state index contributed by atoms with van der Waals surface area (Å²) in [6.07, 6.45) is 1.91. The number of hydrogen-bond acceptors (Lipinski definition) is 3. The Hall–Kier alpha value is -1.33. The third kappa shape index (κ3) is 2.92. The summed E-state index contributed by atoms with van der Waals surface area (Å²) >= 11 is 12.3. The van der Waals surface area contributed by atoms with Crippen LogP contribution in [0.25, 0.3) is 21.9 Å². The number of benzene rings is 1. The van der Waals surface area contributed by atoms with Gasteiger partial charge in [0.25, 0.3) is 0 Å². The van der Waals surface area contributed by atoms with Crippen molar-refractivity contribution in [1.29, 1.82) is 0 Å². The van der Waals surface area contributed by atoms with E-state index in [9.17, 15) is 5.11 Å². The minimum atomic E-state index is -0.517. The second-order valence-electron chi connectivity index (χ2n) is 5.66. The molecule has 0 saturated carbocycles. The molecular formula is C17H19Cl2N3O. The Morgan fingerprint density at radius 2 is 1.96 bits per heavy atom. The molecule has 0 bridgehead atoms. The monoisotopic (exact) mass is 351 g/mol. The maximum Gasteiger partial charge on any atom is 0.141 e. The van der Waals surface area contributed by atoms with Crippen molar-refractivity contribution in [2.45, 2.75) is 25.5 Å². The van der Waals surface area contributed by atoms with Crippen molar-refractivity contribution in [3.05, 3.63) is 40.5 Å². The van der Waals surface area contributed by atoms with Crippen LogP contribution in [0.4, 0.5) is 0 Å². The van der Waals surface area contributed by atoms with E-state index in [0.29, 0.717) is 16.6 Å². The van der Waals surface area contributed by atoms with Gasteiger partial charge >= 0.3 is 0 Å². The van der Waals surface area contributed by atoms with Gasteiger partial charge in [-0.2, -0.15) is 0 Å². The molecule has 0 aliphatic heterocycles. The molecule has 0 spiro atoms. The average Bonchev–Trinajstić information content (AvgIpc) is 2.82. The maximum absolute atomic E-state index is 10.5. The highest BCUT2D eigenvalue weighted by Gasteiger charge is 2.24. The molecule has 0 amide bonds. The normalized spacial score (nSPS) is 14.5. The van der Waals surface area contributed by atoms with Gasteiger partial charge in [-0.3, -0.25) is 0 Å². The van der Waals surface area contributed by atoms with E-state index in [0.717, 1.165) is 28.4 Å². The van der Waals surface area contributed by atoms with E-state index in [2.05, 4.69) is 21.8 Å². The van der Waals surface area contributed by atoms with Gasteiger partial charge in [0.2, 0.25) is 0 Å². The lowest BCUT2D eigenvalue weighted by molar-refractivity contribution is 0.114. The number of aliphatic hydroxyl groups is 1. The van der Waals surface area contributed by atoms with E-state index in [1.54, 1.807) is 6.20 Å². The average molecular weight is 352 g/mol. The van der Waals surface area contributed by atoms with Crippen LogP contribution in [-0.4, -0.2) is 34.4 Å². The minimum absolute atomic E-state index is 0.0858. The number of likely N-dealkylation sites (N-methyl/N-ethyl adjacent to an activating group) is 1. The van der Waals surface area contributed by atoms with E-state index in [4.69, 9.17) is 23.2 Å². The van der Waals surface area contributed by atoms with Crippen LogP contribution >= 0.6 is 23.2 Å². The van der Waals surface area contributed by atoms with Crippen LogP contribution in [0, 0.1) is 0 Å². The Morgan fingerprint density at radius 3 is 2.65 bits per heavy atom. The molecule has 0 radical (unpaired) electrons. The molecule has 0 aliphatic rings. The van der Waals surface area contributed by atoms with Crippen molar-refractivity contribution in [1.82, 2.24) is 14.9 Å². The molecule has 0 aliphatic carbocycles. The number of nitrogens with zero attached hydrogens (tertiary/aromatic N) is 2. The zero-order chi connectivity index (χ0) is 16.6. The summed E-state index contributed by atoms with van der Waals surface area (Å²) in [5.41, 5.74) is 1.81. The van der Waals surface area contributed by atoms with Crippen LogP contribution in [0.2, 0.25) is 10.0 Å². The fourth-order valence-corrected chi connectivity index (χ4v) is 3.51. The van der Waals surface area contributed by atoms with Crippen molar-refractivity contribution in [3.8, 4) is 0 Å². The molecule has 2 atom stereocenters. The van der Waals surface area contributed by atoms with Gasteiger partial charge in [-0.25, -0.2) is 4.98 Å². The van der Waals surface area contributed by atoms with Crippen LogP contribution in [-0.2, 0) is 0 Å². The van der Waals surface area contributed by atoms with Gasteiger partial charge in [-0.15, -0.1) is 0 Å². The highest BCUT2D eigenvalue weighted by molar-refractivity contribution is 6.33. The maximum atomic E-state index is 10.5. The Morgan fingerprint density at radius 1 is 1.22 bits per heavy atom. The second-order valence-corrected chi connectivity index (χ2v) is 6.53. The Balaban J connectivity index is 2.33. The van der Waals surface area contributed by atoms with E-state index < -0.39 is 6.10 Å². The topological polar surface area (TPSA) is 50.1 Å². The lowest BCUT2D eigenvalue weighted by atomic mass is 10.1. The number of pyridine rings is 1. The van der Waals surface area contributed by atoms with Crippen LogP contribution in [0.5, 0.6) is 0 Å². The van der Waals surface area contributed by atoms with Crippen molar-refractivity contribution < 1.29 is 5.11 Å². The van der Waals surface area contributed by atoms with E-state index in [1.807, 2.05) is 31.3 Å². The minimum Gasteiger partial charge on any atom is -0.390 e. The van der Waals surface area contributed by atoms with Crippen LogP contribution < -0.4 is 5.32 Å². The van der Waals surface area contributed by atoms with Gasteiger partial charge in [-0.05, 0) is 37.7 Å². The standard InChI is InChI=1S/C17H19Cl2N3O/c1-3-14(16(23)9-20-2)22-15-5-4-10(18)6-12(15)13-7-11(19)8-21-17(13)22/h4-8,14,16,20,23H,3,9H2,1-2H3/t14-,16-/m1/s1. The van der Waals surface area contributed by atoms with Crippen LogP contribution in [0.15, 0.2) is 30.5 Å². The summed E-state index contributed by atoms with van der Waals surface area (Å²) in [4.78, 5) is 4.52. The van der Waals surface area contributed by atoms with Crippen molar-refractivity contribution in [2.75, 3.05) is 13.6 Å². The molecular weight excluding hydrogens is 333 g/mol. The molecule has 2 aromatic heterocycles. The number of aromatic nitrogens is 2. The largest absolute Gasteiger partial charge is 0.390 e. The smallest absolute Gasteiger partial charge is 0.141 e. The zero-order valence-corrected chi connectivity index (χ0v) is 14.6. The molecule has 3 aromatic rings. The quantitative estimate of drug-likeness (QED) is 0.729. The number of fused-ring (bicyclic) bond motifs is 3. The van der Waals surface area contributed by atoms with Crippen LogP contribution in [0.1, 0.15) is 19.4 Å². The summed E-state index contributed by atoms with van der Waals surface area (Å²) in [6.45, 7) is 2.58. The Kier molecular flexibility index (Phi) is 4.78. The van der Waals surface area contributed by atoms with Gasteiger partial charge in [0, 0.05) is 28.5 Å². The third-order valence-electron chi connectivity index (χ3n) is 4.18. The number of nitrogens with one attached hydrogen (secondary N) is 1. The number of halogens is 2. The molecule has 4 nitrogen and oxygen atoms in total. The molecule has 1 aromatic carbocycles. The predicted molar refractivity (Wildman–Crippen MR) is 96.5 cm³/mol. The fourth-order valence-electron chi connectivity index (χ4n) is 3.18. The predicted octanol–water partition coefficient (Wildman–Crippen LogP) is 4.03. The van der Waals surface area contributed by atoms with Crippen LogP contribution in [0.3, 0.4) is 0 Å². The molecule has 23 heavy (non-hydrogen) atoms. The molecule has 2 N–H and O–H groups in total. The molecule has 3 rings (SSSR count). The number of aliphatic hydroxyl groups excluding tert-OH is 1. The van der Waals surface area contributed by atoms with E-state index in [-0.39, 0.29) is 6.04 Å². The third-order valence-corrected chi connectivity index (χ3v) is 4.62. The van der Waals surface area contributed by atoms with Crippen molar-refractivity contribution in [3.63, 3.8) is 0 Å². The first-order valence-corrected chi connectivity index (χ1v) is 8.39. The second kappa shape index (κ2) is 6.65. The molecule has 0 unspecified atom stereocenters. The van der Waals surface area contributed by atoms with E-state index >= 15 is 0 Å². The number of hydrogen-bond donors (Lipinski definition) is 2. The highest BCUT2D eigenvalue weighted by atomic mass is 35.5. The van der Waals surface area contributed by atoms with Crippen molar-refractivity contribution in [2.24, 2.45) is 0 Å². The molecule has 0 fully saturated rings. The first-order chi connectivity index (χ1) is 11.1. The summed E-state index contributed by atoms with van der Waals surface area (Å²) < 4.78 is 2.10. The first kappa shape index (κ1) is 16.5. The van der Waals surface area contributed by atoms with E-state index in [1.165, 1.54) is 0 Å². The Labute approximate surface area is 145 Å². The summed E-state index contributed by atoms with van der Waals surface area (Å²) in [5, 5.41) is 16.8. The summed E-state index contributed by atoms with van der Waals surface area (Å²) in [6, 6.07) is 7.57. The summed E-state index contributed by atoms with van der Waals surface area (Å²) in [7, 11) is 1.83. The molecule has 122 valence electrons.